The molecule has 184 valence electrons. The molecule has 0 radical (unpaired) electrons. The molecule has 0 bridgehead atoms. The second-order valence-electron chi connectivity index (χ2n) is 11.4. The second kappa shape index (κ2) is 15.7. The SMILES string of the molecule is CC(C)C1CCC2CCC3CCCCC3C21.CC1C(C)C(C)C(C)C1C.[CH3-].[CH3-].[CH3-].[CH3-].[Hf+4]. The average molecular weight is 599 g/mol. The molecule has 0 aromatic heterocycles. The minimum atomic E-state index is 0. The van der Waals surface area contributed by atoms with Gasteiger partial charge in [-0.25, -0.2) is 0 Å². The summed E-state index contributed by atoms with van der Waals surface area (Å²) in [5.41, 5.74) is 0. The van der Waals surface area contributed by atoms with Crippen LogP contribution in [0.4, 0.5) is 0 Å². The molecule has 4 aliphatic carbocycles. The number of rotatable bonds is 1. The zero-order valence-electron chi connectivity index (χ0n) is 23.5. The summed E-state index contributed by atoms with van der Waals surface area (Å²) in [6, 6.07) is 0. The van der Waals surface area contributed by atoms with Crippen molar-refractivity contribution >= 4 is 0 Å². The van der Waals surface area contributed by atoms with Crippen LogP contribution in [0.3, 0.4) is 0 Å². The van der Waals surface area contributed by atoms with Gasteiger partial charge in [-0.3, -0.25) is 0 Å². The summed E-state index contributed by atoms with van der Waals surface area (Å²) in [7, 11) is 0. The first-order chi connectivity index (χ1) is 12.3. The summed E-state index contributed by atoms with van der Waals surface area (Å²) in [5.74, 6) is 11.2. The zero-order chi connectivity index (χ0) is 19.0. The van der Waals surface area contributed by atoms with Gasteiger partial charge < -0.3 is 29.7 Å². The van der Waals surface area contributed by atoms with Gasteiger partial charge in [0.25, 0.3) is 0 Å². The van der Waals surface area contributed by atoms with E-state index in [1.807, 2.05) is 0 Å². The second-order valence-corrected chi connectivity index (χ2v) is 11.4. The van der Waals surface area contributed by atoms with Crippen LogP contribution in [0.1, 0.15) is 99.8 Å². The molecule has 4 fully saturated rings. The first kappa shape index (κ1) is 36.4. The third-order valence-electron chi connectivity index (χ3n) is 10.3. The van der Waals surface area contributed by atoms with Crippen LogP contribution >= 0.6 is 0 Å². The third kappa shape index (κ3) is 7.68. The predicted octanol–water partition coefficient (Wildman–Crippen LogP) is 9.86. The molecule has 0 aromatic rings. The Kier molecular flexibility index (Phi) is 18.5. The van der Waals surface area contributed by atoms with Gasteiger partial charge in [-0.05, 0) is 97.2 Å². The molecule has 5 unspecified atom stereocenters. The van der Waals surface area contributed by atoms with Crippen LogP contribution in [0.15, 0.2) is 0 Å². The predicted molar refractivity (Wildman–Crippen MR) is 141 cm³/mol. The van der Waals surface area contributed by atoms with E-state index in [4.69, 9.17) is 0 Å². The van der Waals surface area contributed by atoms with Gasteiger partial charge >= 0.3 is 25.8 Å². The van der Waals surface area contributed by atoms with Crippen molar-refractivity contribution in [3.63, 3.8) is 0 Å². The van der Waals surface area contributed by atoms with Crippen LogP contribution < -0.4 is 0 Å². The number of hydrogen-bond donors (Lipinski definition) is 0. The molecular weight excluding hydrogens is 539 g/mol. The maximum atomic E-state index is 2.47. The van der Waals surface area contributed by atoms with Crippen LogP contribution in [0.25, 0.3) is 0 Å². The van der Waals surface area contributed by atoms with E-state index in [0.29, 0.717) is 0 Å². The van der Waals surface area contributed by atoms with Gasteiger partial charge in [0.15, 0.2) is 0 Å². The number of hydrogen-bond acceptors (Lipinski definition) is 0. The smallest absolute Gasteiger partial charge is 0.358 e. The van der Waals surface area contributed by atoms with Crippen LogP contribution in [-0.2, 0) is 25.8 Å². The third-order valence-corrected chi connectivity index (χ3v) is 10.3. The van der Waals surface area contributed by atoms with E-state index < -0.39 is 0 Å². The summed E-state index contributed by atoms with van der Waals surface area (Å²) < 4.78 is 0. The van der Waals surface area contributed by atoms with E-state index in [1.165, 1.54) is 12.8 Å². The molecule has 0 spiro atoms. The fourth-order valence-corrected chi connectivity index (χ4v) is 7.85. The Morgan fingerprint density at radius 2 is 0.903 bits per heavy atom. The molecule has 0 aliphatic heterocycles. The Morgan fingerprint density at radius 1 is 0.516 bits per heavy atom. The van der Waals surface area contributed by atoms with E-state index >= 15 is 0 Å². The van der Waals surface area contributed by atoms with Crippen LogP contribution in [0.2, 0.25) is 0 Å². The van der Waals surface area contributed by atoms with E-state index in [9.17, 15) is 0 Å². The quantitative estimate of drug-likeness (QED) is 0.208. The molecule has 0 nitrogen and oxygen atoms in total. The molecule has 5 atom stereocenters. The molecule has 4 rings (SSSR count). The first-order valence-corrected chi connectivity index (χ1v) is 12.3. The van der Waals surface area contributed by atoms with Crippen molar-refractivity contribution in [1.82, 2.24) is 0 Å². The normalized spacial score (nSPS) is 42.6. The molecule has 0 amide bonds. The van der Waals surface area contributed by atoms with E-state index in [0.717, 1.165) is 65.1 Å². The zero-order valence-corrected chi connectivity index (χ0v) is 27.1. The minimum Gasteiger partial charge on any atom is -0.358 e. The molecule has 1 heteroatoms. The molecule has 0 N–H and O–H groups in total. The van der Waals surface area contributed by atoms with Gasteiger partial charge in [-0.2, -0.15) is 0 Å². The first-order valence-electron chi connectivity index (χ1n) is 12.3. The summed E-state index contributed by atoms with van der Waals surface area (Å²) >= 11 is 0. The van der Waals surface area contributed by atoms with Crippen molar-refractivity contribution < 1.29 is 25.8 Å². The van der Waals surface area contributed by atoms with Crippen molar-refractivity contribution in [2.24, 2.45) is 65.1 Å². The fraction of sp³-hybridized carbons (Fsp3) is 0.867. The van der Waals surface area contributed by atoms with Crippen molar-refractivity contribution in [3.8, 4) is 0 Å². The monoisotopic (exact) mass is 600 g/mol. The van der Waals surface area contributed by atoms with Gasteiger partial charge in [-0.1, -0.05) is 67.7 Å². The summed E-state index contributed by atoms with van der Waals surface area (Å²) in [6.07, 6.45) is 12.5. The topological polar surface area (TPSA) is 0 Å². The maximum absolute atomic E-state index is 2.47. The maximum Gasteiger partial charge on any atom is 4.00 e. The Hall–Kier alpha value is 0.870. The molecule has 31 heavy (non-hydrogen) atoms. The van der Waals surface area contributed by atoms with Crippen molar-refractivity contribution in [1.29, 1.82) is 0 Å². The Labute approximate surface area is 219 Å². The van der Waals surface area contributed by atoms with Crippen LogP contribution in [0.5, 0.6) is 0 Å². The molecule has 0 heterocycles. The van der Waals surface area contributed by atoms with E-state index in [1.54, 1.807) is 38.5 Å². The van der Waals surface area contributed by atoms with E-state index in [2.05, 4.69) is 48.5 Å². The number of fused-ring (bicyclic) bond motifs is 3. The van der Waals surface area contributed by atoms with Crippen LogP contribution in [-0.4, -0.2) is 0 Å². The molecular formula is C30H60Hf. The van der Waals surface area contributed by atoms with Gasteiger partial charge in [0.1, 0.15) is 0 Å². The van der Waals surface area contributed by atoms with Gasteiger partial charge in [0.05, 0.1) is 0 Å². The Bertz CT molecular complexity index is 399. The molecule has 0 aromatic carbocycles. The average Bonchev–Trinajstić information content (AvgIpc) is 3.16. The van der Waals surface area contributed by atoms with Crippen molar-refractivity contribution in [3.05, 3.63) is 29.7 Å². The molecule has 4 saturated carbocycles. The van der Waals surface area contributed by atoms with Gasteiger partial charge in [0, 0.05) is 0 Å². The summed E-state index contributed by atoms with van der Waals surface area (Å²) in [5, 5.41) is 0. The summed E-state index contributed by atoms with van der Waals surface area (Å²) in [4.78, 5) is 0. The Balaban J connectivity index is -0.000000469. The van der Waals surface area contributed by atoms with Crippen LogP contribution in [0, 0.1) is 94.8 Å². The summed E-state index contributed by atoms with van der Waals surface area (Å²) in [6.45, 7) is 16.9. The fourth-order valence-electron chi connectivity index (χ4n) is 7.85. The molecule has 4 aliphatic rings. The minimum absolute atomic E-state index is 0. The molecule has 0 saturated heterocycles. The van der Waals surface area contributed by atoms with Crippen molar-refractivity contribution in [2.45, 2.75) is 99.8 Å². The van der Waals surface area contributed by atoms with E-state index in [-0.39, 0.29) is 55.5 Å². The van der Waals surface area contributed by atoms with Gasteiger partial charge in [0.2, 0.25) is 0 Å². The Morgan fingerprint density at radius 3 is 1.35 bits per heavy atom. The van der Waals surface area contributed by atoms with Crippen molar-refractivity contribution in [2.75, 3.05) is 0 Å². The largest absolute Gasteiger partial charge is 4.00 e. The standard InChI is InChI=1S/C16H28.C10H20.4CH3.Hf/c1-11(2)14-10-9-13-8-7-12-5-3-4-6-15(12)16(13)14;1-6-7(2)9(4)10(5)8(6)3;;;;;/h11-16H,3-10H2,1-2H3;6-10H,1-5H3;4*1H3;/q;;4*-1;+4. The van der Waals surface area contributed by atoms with Gasteiger partial charge in [-0.15, -0.1) is 0 Å².